The highest BCUT2D eigenvalue weighted by Crippen LogP contribution is 2.45. The molecule has 0 aliphatic heterocycles. The average Bonchev–Trinajstić information content (AvgIpc) is 2.66. The van der Waals surface area contributed by atoms with Crippen LogP contribution < -0.4 is 5.49 Å². The third kappa shape index (κ3) is 3.18. The van der Waals surface area contributed by atoms with E-state index in [4.69, 9.17) is 21.7 Å². The quantitative estimate of drug-likeness (QED) is 0.478. The van der Waals surface area contributed by atoms with E-state index in [9.17, 15) is 4.79 Å². The lowest BCUT2D eigenvalue weighted by Crippen LogP contribution is -2.50. The summed E-state index contributed by atoms with van der Waals surface area (Å²) in [4.78, 5) is 16.8. The Morgan fingerprint density at radius 1 is 1.25 bits per heavy atom. The molecule has 1 saturated carbocycles. The summed E-state index contributed by atoms with van der Waals surface area (Å²) in [6.45, 7) is 3.63. The van der Waals surface area contributed by atoms with Gasteiger partial charge in [0.1, 0.15) is 11.3 Å². The van der Waals surface area contributed by atoms with E-state index in [0.29, 0.717) is 16.3 Å². The van der Waals surface area contributed by atoms with Crippen LogP contribution in [0.2, 0.25) is 5.02 Å². The molecule has 28 heavy (non-hydrogen) atoms. The molecule has 1 aromatic carbocycles. The summed E-state index contributed by atoms with van der Waals surface area (Å²) >= 11 is 6.06. The first-order valence-corrected chi connectivity index (χ1v) is 9.74. The van der Waals surface area contributed by atoms with E-state index in [0.717, 1.165) is 30.4 Å². The molecular weight excluding hydrogens is 374 g/mol. The van der Waals surface area contributed by atoms with Crippen LogP contribution in [-0.4, -0.2) is 30.5 Å². The van der Waals surface area contributed by atoms with Gasteiger partial charge in [-0.15, -0.1) is 0 Å². The summed E-state index contributed by atoms with van der Waals surface area (Å²) in [5, 5.41) is 9.76. The number of esters is 1. The zero-order chi connectivity index (χ0) is 20.5. The second-order valence-corrected chi connectivity index (χ2v) is 8.18. The first kappa shape index (κ1) is 20.3. The maximum Gasteiger partial charge on any atom is 0.315 e. The van der Waals surface area contributed by atoms with Crippen molar-refractivity contribution in [1.82, 2.24) is 4.57 Å². The van der Waals surface area contributed by atoms with Crippen LogP contribution in [0, 0.1) is 5.41 Å². The van der Waals surface area contributed by atoms with Crippen LogP contribution in [0.25, 0.3) is 0 Å². The SMILES string of the molecule is C/N=c1/c(C(C)(C)C(=O)OC)cccn1C(=N)C1(c2ccc(Cl)cc2)CCC1. The molecule has 0 bridgehead atoms. The maximum atomic E-state index is 12.4. The molecule has 1 heterocycles. The van der Waals surface area contributed by atoms with Crippen LogP contribution in [-0.2, 0) is 20.4 Å². The van der Waals surface area contributed by atoms with Gasteiger partial charge in [0.05, 0.1) is 17.9 Å². The predicted octanol–water partition coefficient (Wildman–Crippen LogP) is 4.07. The van der Waals surface area contributed by atoms with Crippen molar-refractivity contribution in [2.45, 2.75) is 43.9 Å². The van der Waals surface area contributed by atoms with Crippen molar-refractivity contribution in [3.63, 3.8) is 0 Å². The number of rotatable bonds is 4. The van der Waals surface area contributed by atoms with Gasteiger partial charge in [-0.25, -0.2) is 0 Å². The van der Waals surface area contributed by atoms with Crippen molar-refractivity contribution in [1.29, 1.82) is 5.41 Å². The number of hydrogen-bond acceptors (Lipinski definition) is 4. The van der Waals surface area contributed by atoms with Crippen LogP contribution in [0.4, 0.5) is 0 Å². The van der Waals surface area contributed by atoms with Gasteiger partial charge in [0.25, 0.3) is 0 Å². The molecule has 6 heteroatoms. The number of benzene rings is 1. The minimum absolute atomic E-state index is 0.335. The predicted molar refractivity (Wildman–Crippen MR) is 111 cm³/mol. The van der Waals surface area contributed by atoms with Crippen molar-refractivity contribution in [3.05, 3.63) is 64.2 Å². The second-order valence-electron chi connectivity index (χ2n) is 7.75. The molecule has 1 aromatic heterocycles. The van der Waals surface area contributed by atoms with Gasteiger partial charge in [-0.05, 0) is 50.5 Å². The first-order chi connectivity index (χ1) is 13.3. The Bertz CT molecular complexity index is 970. The highest BCUT2D eigenvalue weighted by molar-refractivity contribution is 6.30. The molecule has 0 amide bonds. The highest BCUT2D eigenvalue weighted by Gasteiger charge is 2.44. The fourth-order valence-electron chi connectivity index (χ4n) is 3.95. The summed E-state index contributed by atoms with van der Waals surface area (Å²) in [5.41, 5.74) is 1.17. The zero-order valence-corrected chi connectivity index (χ0v) is 17.5. The minimum atomic E-state index is -0.875. The number of aromatic nitrogens is 1. The Labute approximate surface area is 170 Å². The van der Waals surface area contributed by atoms with Crippen LogP contribution >= 0.6 is 11.6 Å². The Morgan fingerprint density at radius 2 is 1.89 bits per heavy atom. The van der Waals surface area contributed by atoms with Crippen molar-refractivity contribution < 1.29 is 9.53 Å². The van der Waals surface area contributed by atoms with Crippen molar-refractivity contribution >= 4 is 23.4 Å². The van der Waals surface area contributed by atoms with E-state index in [2.05, 4.69) is 4.99 Å². The van der Waals surface area contributed by atoms with Gasteiger partial charge in [-0.2, -0.15) is 0 Å². The number of nitrogens with one attached hydrogen (secondary N) is 1. The van der Waals surface area contributed by atoms with Gasteiger partial charge in [0, 0.05) is 23.8 Å². The standard InChI is InChI=1S/C22H26ClN3O2/c1-21(2,20(27)28-4)17-7-5-14-26(18(17)25-3)19(24)22(12-6-13-22)15-8-10-16(23)11-9-15/h5,7-11,14,24H,6,12-13H2,1-4H3/b24-19?,25-18-. The molecule has 1 fully saturated rings. The van der Waals surface area contributed by atoms with Crippen LogP contribution in [0.15, 0.2) is 47.6 Å². The lowest BCUT2D eigenvalue weighted by atomic mass is 9.63. The van der Waals surface area contributed by atoms with Gasteiger partial charge >= 0.3 is 5.97 Å². The fraction of sp³-hybridized carbons (Fsp3) is 0.409. The maximum absolute atomic E-state index is 12.4. The molecule has 3 rings (SSSR count). The zero-order valence-electron chi connectivity index (χ0n) is 16.8. The molecule has 1 aliphatic rings. The number of ether oxygens (including phenoxy) is 1. The molecule has 0 spiro atoms. The van der Waals surface area contributed by atoms with Gasteiger partial charge in [-0.3, -0.25) is 19.8 Å². The number of halogens is 1. The molecule has 0 saturated heterocycles. The van der Waals surface area contributed by atoms with Gasteiger partial charge in [-0.1, -0.05) is 36.2 Å². The van der Waals surface area contributed by atoms with E-state index in [1.165, 1.54) is 7.11 Å². The topological polar surface area (TPSA) is 67.4 Å². The van der Waals surface area contributed by atoms with Crippen molar-refractivity contribution in [2.24, 2.45) is 4.99 Å². The molecule has 5 nitrogen and oxygen atoms in total. The molecule has 1 aliphatic carbocycles. The number of hydrogen-bond donors (Lipinski definition) is 1. The molecule has 2 aromatic rings. The second kappa shape index (κ2) is 7.55. The molecule has 0 unspecified atom stereocenters. The summed E-state index contributed by atoms with van der Waals surface area (Å²) in [5.74, 6) is 0.127. The summed E-state index contributed by atoms with van der Waals surface area (Å²) in [6, 6.07) is 11.5. The highest BCUT2D eigenvalue weighted by atomic mass is 35.5. The van der Waals surface area contributed by atoms with E-state index < -0.39 is 5.41 Å². The number of methoxy groups -OCH3 is 1. The largest absolute Gasteiger partial charge is 0.468 e. The summed E-state index contributed by atoms with van der Waals surface area (Å²) in [6.07, 6.45) is 4.71. The monoisotopic (exact) mass is 399 g/mol. The number of carbonyl (C=O) groups excluding carboxylic acids is 1. The summed E-state index contributed by atoms with van der Waals surface area (Å²) < 4.78 is 6.79. The molecule has 1 N–H and O–H groups in total. The Kier molecular flexibility index (Phi) is 5.48. The van der Waals surface area contributed by atoms with Crippen LogP contribution in [0.3, 0.4) is 0 Å². The lowest BCUT2D eigenvalue weighted by molar-refractivity contribution is -0.146. The van der Waals surface area contributed by atoms with Gasteiger partial charge < -0.3 is 4.74 Å². The lowest BCUT2D eigenvalue weighted by Gasteiger charge is -2.43. The van der Waals surface area contributed by atoms with Gasteiger partial charge in [0.2, 0.25) is 0 Å². The molecule has 148 valence electrons. The minimum Gasteiger partial charge on any atom is -0.468 e. The normalized spacial score (nSPS) is 16.4. The number of carbonyl (C=O) groups is 1. The molecule has 0 radical (unpaired) electrons. The van der Waals surface area contributed by atoms with E-state index in [-0.39, 0.29) is 11.4 Å². The van der Waals surface area contributed by atoms with Crippen molar-refractivity contribution in [2.75, 3.05) is 14.2 Å². The molecular formula is C22H26ClN3O2. The van der Waals surface area contributed by atoms with Crippen LogP contribution in [0.5, 0.6) is 0 Å². The average molecular weight is 400 g/mol. The Hall–Kier alpha value is -2.40. The van der Waals surface area contributed by atoms with Crippen molar-refractivity contribution in [3.8, 4) is 0 Å². The smallest absolute Gasteiger partial charge is 0.315 e. The number of pyridine rings is 1. The van der Waals surface area contributed by atoms with Crippen LogP contribution in [0.1, 0.15) is 44.2 Å². The summed E-state index contributed by atoms with van der Waals surface area (Å²) in [7, 11) is 3.07. The Morgan fingerprint density at radius 3 is 2.39 bits per heavy atom. The van der Waals surface area contributed by atoms with E-state index >= 15 is 0 Å². The third-order valence-corrected chi connectivity index (χ3v) is 6.10. The molecule has 0 atom stereocenters. The Balaban J connectivity index is 2.14. The number of nitrogens with zero attached hydrogens (tertiary/aromatic N) is 2. The van der Waals surface area contributed by atoms with Gasteiger partial charge in [0.15, 0.2) is 0 Å². The fourth-order valence-corrected chi connectivity index (χ4v) is 4.08. The third-order valence-electron chi connectivity index (χ3n) is 5.85. The first-order valence-electron chi connectivity index (χ1n) is 9.37. The van der Waals surface area contributed by atoms with E-state index in [1.54, 1.807) is 11.6 Å². The van der Waals surface area contributed by atoms with E-state index in [1.807, 2.05) is 56.4 Å².